The lowest BCUT2D eigenvalue weighted by atomic mass is 10.4. The zero-order valence-electron chi connectivity index (χ0n) is 7.52. The lowest BCUT2D eigenvalue weighted by Crippen LogP contribution is -2.13. The fourth-order valence-electron chi connectivity index (χ4n) is 0.455. The van der Waals surface area contributed by atoms with Crippen molar-refractivity contribution in [2.75, 3.05) is 13.7 Å². The Morgan fingerprint density at radius 1 is 1.38 bits per heavy atom. The van der Waals surface area contributed by atoms with Gasteiger partial charge >= 0.3 is 11.9 Å². The monoisotopic (exact) mass is 188 g/mol. The van der Waals surface area contributed by atoms with Crippen LogP contribution in [-0.2, 0) is 19.1 Å². The van der Waals surface area contributed by atoms with Gasteiger partial charge in [-0.25, -0.2) is 9.59 Å². The van der Waals surface area contributed by atoms with Crippen LogP contribution in [0.3, 0.4) is 0 Å². The SMILES string of the molecule is COC(=O)C=CC(=O)OCC(C)O. The molecule has 0 aromatic rings. The maximum atomic E-state index is 10.7. The molecule has 5 nitrogen and oxygen atoms in total. The third-order valence-corrected chi connectivity index (χ3v) is 1.02. The van der Waals surface area contributed by atoms with Gasteiger partial charge in [-0.15, -0.1) is 0 Å². The number of carbonyl (C=O) groups is 2. The van der Waals surface area contributed by atoms with E-state index in [-0.39, 0.29) is 6.61 Å². The zero-order chi connectivity index (χ0) is 10.3. The highest BCUT2D eigenvalue weighted by Gasteiger charge is 2.01. The van der Waals surface area contributed by atoms with Crippen LogP contribution in [0, 0.1) is 0 Å². The van der Waals surface area contributed by atoms with Crippen LogP contribution in [-0.4, -0.2) is 36.9 Å². The van der Waals surface area contributed by atoms with E-state index in [0.717, 1.165) is 12.2 Å². The first-order chi connectivity index (χ1) is 6.06. The third-order valence-electron chi connectivity index (χ3n) is 1.02. The van der Waals surface area contributed by atoms with Gasteiger partial charge in [0.2, 0.25) is 0 Å². The molecule has 13 heavy (non-hydrogen) atoms. The Hall–Kier alpha value is -1.36. The Morgan fingerprint density at radius 3 is 2.38 bits per heavy atom. The second-order valence-electron chi connectivity index (χ2n) is 2.34. The summed E-state index contributed by atoms with van der Waals surface area (Å²) in [4.78, 5) is 21.2. The Balaban J connectivity index is 3.74. The normalized spacial score (nSPS) is 12.5. The van der Waals surface area contributed by atoms with Gasteiger partial charge < -0.3 is 14.6 Å². The predicted molar refractivity (Wildman–Crippen MR) is 43.8 cm³/mol. The first-order valence-electron chi connectivity index (χ1n) is 3.67. The molecule has 0 radical (unpaired) electrons. The molecule has 0 aromatic carbocycles. The molecule has 74 valence electrons. The lowest BCUT2D eigenvalue weighted by Gasteiger charge is -2.02. The zero-order valence-corrected chi connectivity index (χ0v) is 7.52. The van der Waals surface area contributed by atoms with Crippen molar-refractivity contribution in [1.29, 1.82) is 0 Å². The summed E-state index contributed by atoms with van der Waals surface area (Å²) in [6, 6.07) is 0. The summed E-state index contributed by atoms with van der Waals surface area (Å²) in [5.74, 6) is -1.32. The van der Waals surface area contributed by atoms with Gasteiger partial charge in [-0.1, -0.05) is 0 Å². The average molecular weight is 188 g/mol. The van der Waals surface area contributed by atoms with E-state index in [4.69, 9.17) is 5.11 Å². The molecule has 5 heteroatoms. The fourth-order valence-corrected chi connectivity index (χ4v) is 0.455. The number of methoxy groups -OCH3 is 1. The maximum absolute atomic E-state index is 10.7. The van der Waals surface area contributed by atoms with Crippen molar-refractivity contribution in [2.45, 2.75) is 13.0 Å². The number of aliphatic hydroxyl groups excluding tert-OH is 1. The fraction of sp³-hybridized carbons (Fsp3) is 0.500. The van der Waals surface area contributed by atoms with E-state index in [1.165, 1.54) is 14.0 Å². The molecule has 1 unspecified atom stereocenters. The highest BCUT2D eigenvalue weighted by Crippen LogP contribution is 1.87. The van der Waals surface area contributed by atoms with Crippen LogP contribution in [0.2, 0.25) is 0 Å². The van der Waals surface area contributed by atoms with Crippen molar-refractivity contribution in [3.8, 4) is 0 Å². The maximum Gasteiger partial charge on any atom is 0.331 e. The highest BCUT2D eigenvalue weighted by molar-refractivity contribution is 5.91. The van der Waals surface area contributed by atoms with Crippen LogP contribution in [0.5, 0.6) is 0 Å². The number of rotatable bonds is 4. The molecule has 0 fully saturated rings. The van der Waals surface area contributed by atoms with Crippen molar-refractivity contribution in [2.24, 2.45) is 0 Å². The molecule has 0 aliphatic carbocycles. The number of carbonyl (C=O) groups excluding carboxylic acids is 2. The van der Waals surface area contributed by atoms with Crippen molar-refractivity contribution in [1.82, 2.24) is 0 Å². The largest absolute Gasteiger partial charge is 0.466 e. The number of hydrogen-bond acceptors (Lipinski definition) is 5. The summed E-state index contributed by atoms with van der Waals surface area (Å²) < 4.78 is 8.76. The quantitative estimate of drug-likeness (QED) is 0.481. The van der Waals surface area contributed by atoms with E-state index >= 15 is 0 Å². The van der Waals surface area contributed by atoms with Crippen LogP contribution in [0.4, 0.5) is 0 Å². The standard InChI is InChI=1S/C8H12O5/c1-6(9)5-13-8(11)4-3-7(10)12-2/h3-4,6,9H,5H2,1-2H3. The molecule has 0 spiro atoms. The summed E-state index contributed by atoms with van der Waals surface area (Å²) in [6.07, 6.45) is 1.17. The Kier molecular flexibility index (Phi) is 5.54. The minimum absolute atomic E-state index is 0.0929. The van der Waals surface area contributed by atoms with E-state index in [9.17, 15) is 9.59 Å². The average Bonchev–Trinajstić information content (AvgIpc) is 2.10. The van der Waals surface area contributed by atoms with E-state index in [2.05, 4.69) is 9.47 Å². The number of aliphatic hydroxyl groups is 1. The van der Waals surface area contributed by atoms with Gasteiger partial charge in [-0.2, -0.15) is 0 Å². The molecular formula is C8H12O5. The summed E-state index contributed by atoms with van der Waals surface area (Å²) in [7, 11) is 1.20. The van der Waals surface area contributed by atoms with Gasteiger partial charge in [-0.05, 0) is 6.92 Å². The molecule has 0 aliphatic rings. The minimum Gasteiger partial charge on any atom is -0.466 e. The third kappa shape index (κ3) is 7.02. The second-order valence-corrected chi connectivity index (χ2v) is 2.34. The number of hydrogen-bond donors (Lipinski definition) is 1. The van der Waals surface area contributed by atoms with Gasteiger partial charge in [0.15, 0.2) is 0 Å². The second kappa shape index (κ2) is 6.19. The molecule has 0 bridgehead atoms. The predicted octanol–water partition coefficient (Wildman–Crippen LogP) is -0.360. The Morgan fingerprint density at radius 2 is 1.92 bits per heavy atom. The van der Waals surface area contributed by atoms with E-state index in [1.54, 1.807) is 0 Å². The van der Waals surface area contributed by atoms with Crippen LogP contribution < -0.4 is 0 Å². The minimum atomic E-state index is -0.713. The number of ether oxygens (including phenoxy) is 2. The molecule has 1 N–H and O–H groups in total. The smallest absolute Gasteiger partial charge is 0.331 e. The molecule has 0 amide bonds. The van der Waals surface area contributed by atoms with E-state index < -0.39 is 18.0 Å². The van der Waals surface area contributed by atoms with Gasteiger partial charge in [-0.3, -0.25) is 0 Å². The summed E-state index contributed by atoms with van der Waals surface area (Å²) in [5.41, 5.74) is 0. The summed E-state index contributed by atoms with van der Waals surface area (Å²) in [6.45, 7) is 1.39. The summed E-state index contributed by atoms with van der Waals surface area (Å²) in [5, 5.41) is 8.73. The van der Waals surface area contributed by atoms with Gasteiger partial charge in [0, 0.05) is 12.2 Å². The molecule has 0 saturated heterocycles. The summed E-state index contributed by atoms with van der Waals surface area (Å²) >= 11 is 0. The molecular weight excluding hydrogens is 176 g/mol. The van der Waals surface area contributed by atoms with Crippen molar-refractivity contribution >= 4 is 11.9 Å². The van der Waals surface area contributed by atoms with Gasteiger partial charge in [0.25, 0.3) is 0 Å². The van der Waals surface area contributed by atoms with Crippen LogP contribution in [0.1, 0.15) is 6.92 Å². The van der Waals surface area contributed by atoms with Crippen LogP contribution in [0.25, 0.3) is 0 Å². The van der Waals surface area contributed by atoms with Gasteiger partial charge in [0.05, 0.1) is 13.2 Å². The lowest BCUT2D eigenvalue weighted by molar-refractivity contribution is -0.141. The molecule has 0 heterocycles. The Bertz CT molecular complexity index is 207. The molecule has 0 aromatic heterocycles. The van der Waals surface area contributed by atoms with Crippen molar-refractivity contribution < 1.29 is 24.2 Å². The first kappa shape index (κ1) is 11.6. The van der Waals surface area contributed by atoms with E-state index in [1.807, 2.05) is 0 Å². The first-order valence-corrected chi connectivity index (χ1v) is 3.67. The highest BCUT2D eigenvalue weighted by atomic mass is 16.5. The van der Waals surface area contributed by atoms with Crippen molar-refractivity contribution in [3.05, 3.63) is 12.2 Å². The topological polar surface area (TPSA) is 72.8 Å². The van der Waals surface area contributed by atoms with E-state index in [0.29, 0.717) is 0 Å². The molecule has 0 rings (SSSR count). The Labute approximate surface area is 75.9 Å². The molecule has 1 atom stereocenters. The molecule has 0 aliphatic heterocycles. The molecule has 0 saturated carbocycles. The van der Waals surface area contributed by atoms with Gasteiger partial charge in [0.1, 0.15) is 6.61 Å². The van der Waals surface area contributed by atoms with Crippen molar-refractivity contribution in [3.63, 3.8) is 0 Å². The number of esters is 2. The van der Waals surface area contributed by atoms with Crippen LogP contribution >= 0.6 is 0 Å². The van der Waals surface area contributed by atoms with Crippen LogP contribution in [0.15, 0.2) is 12.2 Å².